The lowest BCUT2D eigenvalue weighted by Crippen LogP contribution is -2.12. The molecule has 0 bridgehead atoms. The van der Waals surface area contributed by atoms with Gasteiger partial charge in [0, 0.05) is 22.0 Å². The molecule has 0 aliphatic heterocycles. The first-order valence-corrected chi connectivity index (χ1v) is 7.54. The molecule has 0 radical (unpaired) electrons. The van der Waals surface area contributed by atoms with Crippen LogP contribution in [0.15, 0.2) is 42.6 Å². The molecule has 104 valence electrons. The van der Waals surface area contributed by atoms with E-state index in [4.69, 9.17) is 0 Å². The Bertz CT molecular complexity index is 567. The fraction of sp³-hybridized carbons (Fsp3) is 0.200. The average Bonchev–Trinajstić information content (AvgIpc) is 2.48. The topological polar surface area (TPSA) is 54.0 Å². The van der Waals surface area contributed by atoms with Gasteiger partial charge in [-0.3, -0.25) is 4.79 Å². The highest BCUT2D eigenvalue weighted by Gasteiger charge is 2.06. The first-order valence-electron chi connectivity index (χ1n) is 6.46. The van der Waals surface area contributed by atoms with Crippen LogP contribution in [-0.2, 0) is 0 Å². The molecule has 0 unspecified atom stereocenters. The van der Waals surface area contributed by atoms with Gasteiger partial charge in [-0.1, -0.05) is 6.92 Å². The molecular formula is C15H16IN3O. The Balaban J connectivity index is 2.00. The van der Waals surface area contributed by atoms with E-state index in [0.717, 1.165) is 28.0 Å². The van der Waals surface area contributed by atoms with E-state index in [1.807, 2.05) is 30.3 Å². The third kappa shape index (κ3) is 4.19. The molecule has 0 spiro atoms. The van der Waals surface area contributed by atoms with Crippen LogP contribution in [0, 0.1) is 3.57 Å². The molecule has 2 rings (SSSR count). The Morgan fingerprint density at radius 3 is 2.55 bits per heavy atom. The van der Waals surface area contributed by atoms with Crippen molar-refractivity contribution < 1.29 is 4.79 Å². The van der Waals surface area contributed by atoms with Crippen LogP contribution in [0.25, 0.3) is 0 Å². The summed E-state index contributed by atoms with van der Waals surface area (Å²) in [5.41, 5.74) is 1.33. The first kappa shape index (κ1) is 14.8. The van der Waals surface area contributed by atoms with Gasteiger partial charge in [-0.05, 0) is 65.4 Å². The maximum Gasteiger partial charge on any atom is 0.257 e. The van der Waals surface area contributed by atoms with Crippen LogP contribution in [0.4, 0.5) is 11.5 Å². The van der Waals surface area contributed by atoms with Gasteiger partial charge in [-0.2, -0.15) is 0 Å². The van der Waals surface area contributed by atoms with Crippen LogP contribution >= 0.6 is 22.6 Å². The molecule has 0 atom stereocenters. The van der Waals surface area contributed by atoms with Crippen molar-refractivity contribution in [1.29, 1.82) is 0 Å². The van der Waals surface area contributed by atoms with E-state index in [1.165, 1.54) is 0 Å². The van der Waals surface area contributed by atoms with Crippen molar-refractivity contribution in [2.45, 2.75) is 13.3 Å². The molecule has 0 saturated heterocycles. The summed E-state index contributed by atoms with van der Waals surface area (Å²) in [6, 6.07) is 11.2. The fourth-order valence-electron chi connectivity index (χ4n) is 1.62. The summed E-state index contributed by atoms with van der Waals surface area (Å²) in [7, 11) is 0. The third-order valence-electron chi connectivity index (χ3n) is 2.68. The van der Waals surface area contributed by atoms with Crippen LogP contribution in [0.2, 0.25) is 0 Å². The fourth-order valence-corrected chi connectivity index (χ4v) is 1.98. The molecule has 0 saturated carbocycles. The van der Waals surface area contributed by atoms with Crippen molar-refractivity contribution in [3.8, 4) is 0 Å². The van der Waals surface area contributed by atoms with Crippen molar-refractivity contribution in [1.82, 2.24) is 4.98 Å². The number of amides is 1. The molecule has 1 heterocycles. The highest BCUT2D eigenvalue weighted by molar-refractivity contribution is 14.1. The van der Waals surface area contributed by atoms with Gasteiger partial charge in [0.1, 0.15) is 5.82 Å². The average molecular weight is 381 g/mol. The second-order valence-electron chi connectivity index (χ2n) is 4.32. The highest BCUT2D eigenvalue weighted by atomic mass is 127. The Morgan fingerprint density at radius 2 is 1.95 bits per heavy atom. The number of rotatable bonds is 5. The summed E-state index contributed by atoms with van der Waals surface area (Å²) in [6.45, 7) is 2.97. The van der Waals surface area contributed by atoms with Gasteiger partial charge in [0.2, 0.25) is 0 Å². The smallest absolute Gasteiger partial charge is 0.257 e. The quantitative estimate of drug-likeness (QED) is 0.776. The number of halogens is 1. The lowest BCUT2D eigenvalue weighted by molar-refractivity contribution is 0.102. The van der Waals surface area contributed by atoms with Crippen LogP contribution < -0.4 is 10.6 Å². The maximum absolute atomic E-state index is 12.1. The standard InChI is InChI=1S/C15H16IN3O/c1-2-9-17-14-8-3-11(10-18-14)15(20)19-13-6-4-12(16)5-7-13/h3-8,10H,2,9H2,1H3,(H,17,18)(H,19,20). The summed E-state index contributed by atoms with van der Waals surface area (Å²) in [6.07, 6.45) is 2.62. The van der Waals surface area contributed by atoms with E-state index >= 15 is 0 Å². The zero-order valence-electron chi connectivity index (χ0n) is 11.2. The normalized spacial score (nSPS) is 10.1. The summed E-state index contributed by atoms with van der Waals surface area (Å²) in [4.78, 5) is 16.3. The van der Waals surface area contributed by atoms with E-state index in [9.17, 15) is 4.79 Å². The monoisotopic (exact) mass is 381 g/mol. The molecule has 2 aromatic rings. The van der Waals surface area contributed by atoms with E-state index < -0.39 is 0 Å². The van der Waals surface area contributed by atoms with Gasteiger partial charge in [-0.25, -0.2) is 4.98 Å². The Morgan fingerprint density at radius 1 is 1.20 bits per heavy atom. The molecule has 1 amide bonds. The predicted octanol–water partition coefficient (Wildman–Crippen LogP) is 3.76. The Hall–Kier alpha value is -1.63. The van der Waals surface area contributed by atoms with Crippen molar-refractivity contribution >= 4 is 40.0 Å². The molecular weight excluding hydrogens is 365 g/mol. The molecule has 20 heavy (non-hydrogen) atoms. The number of anilines is 2. The van der Waals surface area contributed by atoms with Gasteiger partial charge in [0.25, 0.3) is 5.91 Å². The predicted molar refractivity (Wildman–Crippen MR) is 90.1 cm³/mol. The molecule has 1 aromatic heterocycles. The number of nitrogens with zero attached hydrogens (tertiary/aromatic N) is 1. The van der Waals surface area contributed by atoms with Crippen molar-refractivity contribution in [3.05, 3.63) is 51.7 Å². The molecule has 1 aromatic carbocycles. The molecule has 0 aliphatic rings. The Kier molecular flexibility index (Phi) is 5.34. The molecule has 0 fully saturated rings. The van der Waals surface area contributed by atoms with Crippen LogP contribution in [0.1, 0.15) is 23.7 Å². The molecule has 5 heteroatoms. The van der Waals surface area contributed by atoms with E-state index in [2.05, 4.69) is 45.1 Å². The number of carbonyl (C=O) groups excluding carboxylic acids is 1. The minimum absolute atomic E-state index is 0.152. The molecule has 0 aliphatic carbocycles. The number of benzene rings is 1. The summed E-state index contributed by atoms with van der Waals surface area (Å²) in [5.74, 6) is 0.637. The number of hydrogen-bond acceptors (Lipinski definition) is 3. The van der Waals surface area contributed by atoms with Gasteiger partial charge >= 0.3 is 0 Å². The summed E-state index contributed by atoms with van der Waals surface area (Å²) < 4.78 is 1.13. The minimum atomic E-state index is -0.152. The number of carbonyl (C=O) groups is 1. The summed E-state index contributed by atoms with van der Waals surface area (Å²) >= 11 is 2.23. The van der Waals surface area contributed by atoms with E-state index in [1.54, 1.807) is 12.3 Å². The van der Waals surface area contributed by atoms with Crippen LogP contribution in [0.3, 0.4) is 0 Å². The minimum Gasteiger partial charge on any atom is -0.370 e. The zero-order chi connectivity index (χ0) is 14.4. The van der Waals surface area contributed by atoms with E-state index in [0.29, 0.717) is 5.56 Å². The lowest BCUT2D eigenvalue weighted by atomic mass is 10.2. The number of pyridine rings is 1. The molecule has 2 N–H and O–H groups in total. The largest absolute Gasteiger partial charge is 0.370 e. The van der Waals surface area contributed by atoms with Crippen molar-refractivity contribution in [3.63, 3.8) is 0 Å². The lowest BCUT2D eigenvalue weighted by Gasteiger charge is -2.07. The number of nitrogens with one attached hydrogen (secondary N) is 2. The second-order valence-corrected chi connectivity index (χ2v) is 5.57. The van der Waals surface area contributed by atoms with Crippen molar-refractivity contribution in [2.24, 2.45) is 0 Å². The maximum atomic E-state index is 12.1. The zero-order valence-corrected chi connectivity index (χ0v) is 13.3. The Labute approximate surface area is 132 Å². The number of aromatic nitrogens is 1. The van der Waals surface area contributed by atoms with Gasteiger partial charge < -0.3 is 10.6 Å². The van der Waals surface area contributed by atoms with Gasteiger partial charge in [0.15, 0.2) is 0 Å². The SMILES string of the molecule is CCCNc1ccc(C(=O)Nc2ccc(I)cc2)cn1. The third-order valence-corrected chi connectivity index (χ3v) is 3.40. The van der Waals surface area contributed by atoms with Crippen LogP contribution in [-0.4, -0.2) is 17.4 Å². The van der Waals surface area contributed by atoms with Gasteiger partial charge in [0.05, 0.1) is 5.56 Å². The van der Waals surface area contributed by atoms with E-state index in [-0.39, 0.29) is 5.91 Å². The number of hydrogen-bond donors (Lipinski definition) is 2. The highest BCUT2D eigenvalue weighted by Crippen LogP contribution is 2.13. The first-order chi connectivity index (χ1) is 9.69. The van der Waals surface area contributed by atoms with Gasteiger partial charge in [-0.15, -0.1) is 0 Å². The van der Waals surface area contributed by atoms with Crippen molar-refractivity contribution in [2.75, 3.05) is 17.2 Å². The molecule has 4 nitrogen and oxygen atoms in total. The second kappa shape index (κ2) is 7.23. The summed E-state index contributed by atoms with van der Waals surface area (Å²) in [5, 5.41) is 6.02. The van der Waals surface area contributed by atoms with Crippen LogP contribution in [0.5, 0.6) is 0 Å².